The molecule has 0 aromatic carbocycles. The predicted octanol–water partition coefficient (Wildman–Crippen LogP) is 2.83. The van der Waals surface area contributed by atoms with Crippen molar-refractivity contribution in [1.29, 1.82) is 0 Å². The quantitative estimate of drug-likeness (QED) is 0.153. The third kappa shape index (κ3) is 5.23. The maximum atomic E-state index is 14.0. The number of carbonyl (C=O) groups excluding carboxylic acids is 3. The topological polar surface area (TPSA) is 96.4 Å². The van der Waals surface area contributed by atoms with Crippen LogP contribution in [0.5, 0.6) is 0 Å². The summed E-state index contributed by atoms with van der Waals surface area (Å²) in [6, 6.07) is -0.911. The molecule has 9 heteroatoms. The monoisotopic (exact) mass is 554 g/mol. The first kappa shape index (κ1) is 27.9. The van der Waals surface area contributed by atoms with Crippen molar-refractivity contribution in [3.63, 3.8) is 0 Å². The van der Waals surface area contributed by atoms with Crippen LogP contribution in [0.15, 0.2) is 25.3 Å². The zero-order chi connectivity index (χ0) is 25.8. The molecule has 1 spiro atoms. The number of rotatable bonds is 14. The van der Waals surface area contributed by atoms with E-state index in [2.05, 4.69) is 29.1 Å². The van der Waals surface area contributed by atoms with Gasteiger partial charge in [0.05, 0.1) is 24.5 Å². The lowest BCUT2D eigenvalue weighted by atomic mass is 9.70. The molecule has 35 heavy (non-hydrogen) atoms. The molecule has 3 aliphatic heterocycles. The smallest absolute Gasteiger partial charge is 0.312 e. The van der Waals surface area contributed by atoms with Crippen LogP contribution in [0.1, 0.15) is 52.4 Å². The second kappa shape index (κ2) is 12.0. The van der Waals surface area contributed by atoms with Gasteiger partial charge >= 0.3 is 5.97 Å². The Morgan fingerprint density at radius 3 is 2.66 bits per heavy atom. The van der Waals surface area contributed by atoms with Crippen molar-refractivity contribution in [2.24, 2.45) is 11.8 Å². The van der Waals surface area contributed by atoms with Crippen molar-refractivity contribution in [3.8, 4) is 0 Å². The van der Waals surface area contributed by atoms with Crippen molar-refractivity contribution in [2.45, 2.75) is 81.0 Å². The van der Waals surface area contributed by atoms with Gasteiger partial charge in [-0.3, -0.25) is 14.4 Å². The number of likely N-dealkylation sites (tertiary alicyclic amines) is 1. The third-order valence-electron chi connectivity index (χ3n) is 7.38. The molecular formula is C26H39BrN2O6. The van der Waals surface area contributed by atoms with Gasteiger partial charge in [0.25, 0.3) is 0 Å². The second-order valence-corrected chi connectivity index (χ2v) is 11.1. The van der Waals surface area contributed by atoms with Crippen LogP contribution in [0, 0.1) is 11.8 Å². The van der Waals surface area contributed by atoms with E-state index in [0.29, 0.717) is 38.8 Å². The fourth-order valence-electron chi connectivity index (χ4n) is 5.84. The molecule has 0 radical (unpaired) electrons. The zero-order valence-electron chi connectivity index (χ0n) is 20.9. The van der Waals surface area contributed by atoms with E-state index in [1.165, 1.54) is 0 Å². The van der Waals surface area contributed by atoms with Crippen LogP contribution in [-0.2, 0) is 23.9 Å². The number of alkyl halides is 1. The number of unbranched alkanes of at least 4 members (excludes halogenated alkanes) is 3. The standard InChI is InChI=1S/C26H39BrN2O6/c1-5-7-11-15-34-25(33)19-20-23(31)29(13-9-8-10-14-30)22(24(32)28(12-6-2)17(3)4)26(20)16-18(27)21(19)35-26/h5-6,17-22,30H,1-2,7-16H2,3-4H3/t18?,19-,20+,21-,22?,26?/m1/s1. The summed E-state index contributed by atoms with van der Waals surface area (Å²) in [7, 11) is 0. The van der Waals surface area contributed by atoms with Crippen molar-refractivity contribution in [2.75, 3.05) is 26.3 Å². The number of carbonyl (C=O) groups is 3. The summed E-state index contributed by atoms with van der Waals surface area (Å²) >= 11 is 3.67. The molecule has 3 fully saturated rings. The number of aliphatic hydroxyl groups is 1. The molecule has 3 aliphatic rings. The Balaban J connectivity index is 1.94. The van der Waals surface area contributed by atoms with E-state index in [1.54, 1.807) is 22.0 Å². The molecule has 196 valence electrons. The van der Waals surface area contributed by atoms with Gasteiger partial charge in [0, 0.05) is 30.6 Å². The SMILES string of the molecule is C=CCCCOC(=O)[C@H]1[C@@H]2OC3(CC2Br)C(C(=O)N(CC=C)C(C)C)N(CCCCCO)C(=O)[C@H]13. The van der Waals surface area contributed by atoms with Crippen LogP contribution >= 0.6 is 15.9 Å². The number of ether oxygens (including phenoxy) is 2. The van der Waals surface area contributed by atoms with Gasteiger partial charge in [0.2, 0.25) is 11.8 Å². The van der Waals surface area contributed by atoms with E-state index in [9.17, 15) is 14.4 Å². The first-order valence-electron chi connectivity index (χ1n) is 12.7. The van der Waals surface area contributed by atoms with Gasteiger partial charge in [-0.25, -0.2) is 0 Å². The molecular weight excluding hydrogens is 516 g/mol. The third-order valence-corrected chi connectivity index (χ3v) is 8.23. The van der Waals surface area contributed by atoms with Crippen molar-refractivity contribution < 1.29 is 29.0 Å². The van der Waals surface area contributed by atoms with Gasteiger partial charge in [-0.1, -0.05) is 28.1 Å². The molecule has 3 heterocycles. The lowest BCUT2D eigenvalue weighted by Gasteiger charge is -2.38. The van der Waals surface area contributed by atoms with Gasteiger partial charge < -0.3 is 24.4 Å². The fourth-order valence-corrected chi connectivity index (χ4v) is 6.78. The lowest BCUT2D eigenvalue weighted by molar-refractivity contribution is -0.155. The van der Waals surface area contributed by atoms with Crippen LogP contribution < -0.4 is 0 Å². The summed E-state index contributed by atoms with van der Waals surface area (Å²) in [5.74, 6) is -2.35. The number of hydrogen-bond donors (Lipinski definition) is 1. The van der Waals surface area contributed by atoms with E-state index in [0.717, 1.165) is 12.8 Å². The highest BCUT2D eigenvalue weighted by molar-refractivity contribution is 9.09. The normalized spacial score (nSPS) is 31.1. The molecule has 3 rings (SSSR count). The average molecular weight is 556 g/mol. The number of fused-ring (bicyclic) bond motifs is 1. The maximum Gasteiger partial charge on any atom is 0.312 e. The second-order valence-electron chi connectivity index (χ2n) is 9.95. The van der Waals surface area contributed by atoms with E-state index in [-0.39, 0.29) is 35.9 Å². The Labute approximate surface area is 216 Å². The van der Waals surface area contributed by atoms with Gasteiger partial charge in [0.15, 0.2) is 0 Å². The molecule has 0 aromatic rings. The van der Waals surface area contributed by atoms with Gasteiger partial charge in [-0.05, 0) is 52.4 Å². The molecule has 6 atom stereocenters. The van der Waals surface area contributed by atoms with Gasteiger partial charge in [0.1, 0.15) is 11.6 Å². The summed E-state index contributed by atoms with van der Waals surface area (Å²) in [4.78, 5) is 44.2. The number of hydrogen-bond acceptors (Lipinski definition) is 6. The highest BCUT2D eigenvalue weighted by atomic mass is 79.9. The Morgan fingerprint density at radius 2 is 2.03 bits per heavy atom. The first-order valence-corrected chi connectivity index (χ1v) is 13.6. The molecule has 1 N–H and O–H groups in total. The summed E-state index contributed by atoms with van der Waals surface area (Å²) in [5, 5.41) is 9.16. The van der Waals surface area contributed by atoms with Crippen LogP contribution in [0.4, 0.5) is 0 Å². The Hall–Kier alpha value is -1.71. The molecule has 3 saturated heterocycles. The van der Waals surface area contributed by atoms with Gasteiger partial charge in [-0.15, -0.1) is 13.2 Å². The predicted molar refractivity (Wildman–Crippen MR) is 136 cm³/mol. The Morgan fingerprint density at radius 1 is 1.29 bits per heavy atom. The van der Waals surface area contributed by atoms with Crippen LogP contribution in [-0.4, -0.2) is 87.6 Å². The number of aliphatic hydroxyl groups excluding tert-OH is 1. The number of halogens is 1. The largest absolute Gasteiger partial charge is 0.465 e. The summed E-state index contributed by atoms with van der Waals surface area (Å²) in [6.45, 7) is 12.4. The van der Waals surface area contributed by atoms with E-state index >= 15 is 0 Å². The minimum absolute atomic E-state index is 0.0825. The Kier molecular flexibility index (Phi) is 9.57. The molecule has 0 aliphatic carbocycles. The maximum absolute atomic E-state index is 14.0. The molecule has 2 amide bonds. The first-order chi connectivity index (χ1) is 16.7. The van der Waals surface area contributed by atoms with Crippen LogP contribution in [0.3, 0.4) is 0 Å². The summed E-state index contributed by atoms with van der Waals surface area (Å²) in [6.07, 6.45) is 6.82. The number of amides is 2. The highest BCUT2D eigenvalue weighted by Crippen LogP contribution is 2.60. The average Bonchev–Trinajstić information content (AvgIpc) is 3.40. The van der Waals surface area contributed by atoms with Crippen molar-refractivity contribution >= 4 is 33.7 Å². The minimum Gasteiger partial charge on any atom is -0.465 e. The van der Waals surface area contributed by atoms with E-state index in [4.69, 9.17) is 14.6 Å². The lowest BCUT2D eigenvalue weighted by Crippen LogP contribution is -2.58. The minimum atomic E-state index is -1.08. The molecule has 3 unspecified atom stereocenters. The van der Waals surface area contributed by atoms with Crippen LogP contribution in [0.25, 0.3) is 0 Å². The molecule has 0 saturated carbocycles. The summed E-state index contributed by atoms with van der Waals surface area (Å²) < 4.78 is 12.0. The van der Waals surface area contributed by atoms with Crippen molar-refractivity contribution in [1.82, 2.24) is 9.80 Å². The number of nitrogens with zero attached hydrogens (tertiary/aromatic N) is 2. The van der Waals surface area contributed by atoms with E-state index < -0.39 is 35.6 Å². The van der Waals surface area contributed by atoms with Crippen molar-refractivity contribution in [3.05, 3.63) is 25.3 Å². The summed E-state index contributed by atoms with van der Waals surface area (Å²) in [5.41, 5.74) is -1.08. The highest BCUT2D eigenvalue weighted by Gasteiger charge is 2.77. The fraction of sp³-hybridized carbons (Fsp3) is 0.731. The molecule has 0 aromatic heterocycles. The van der Waals surface area contributed by atoms with Crippen LogP contribution in [0.2, 0.25) is 0 Å². The molecule has 2 bridgehead atoms. The van der Waals surface area contributed by atoms with Gasteiger partial charge in [-0.2, -0.15) is 0 Å². The Bertz CT molecular complexity index is 820. The number of esters is 1. The van der Waals surface area contributed by atoms with E-state index in [1.807, 2.05) is 13.8 Å². The zero-order valence-corrected chi connectivity index (χ0v) is 22.5. The molecule has 8 nitrogen and oxygen atoms in total. The number of allylic oxidation sites excluding steroid dienone is 1.